The van der Waals surface area contributed by atoms with Crippen LogP contribution in [0.4, 0.5) is 5.69 Å². The van der Waals surface area contributed by atoms with Crippen molar-refractivity contribution >= 4 is 34.9 Å². The van der Waals surface area contributed by atoms with E-state index in [9.17, 15) is 4.79 Å². The predicted molar refractivity (Wildman–Crippen MR) is 107 cm³/mol. The third-order valence-electron chi connectivity index (χ3n) is 5.43. The van der Waals surface area contributed by atoms with Gasteiger partial charge in [0.1, 0.15) is 5.75 Å². The van der Waals surface area contributed by atoms with Gasteiger partial charge in [0.2, 0.25) is 0 Å². The summed E-state index contributed by atoms with van der Waals surface area (Å²) < 4.78 is 11.3. The molecule has 4 nitrogen and oxygen atoms in total. The number of benzene rings is 2. The van der Waals surface area contributed by atoms with E-state index in [0.717, 1.165) is 36.5 Å². The largest absolute Gasteiger partial charge is 0.490 e. The van der Waals surface area contributed by atoms with Crippen LogP contribution in [-0.2, 0) is 16.6 Å². The van der Waals surface area contributed by atoms with E-state index in [1.54, 1.807) is 19.1 Å². The second kappa shape index (κ2) is 7.25. The molecule has 0 radical (unpaired) electrons. The molecule has 1 aliphatic heterocycles. The highest BCUT2D eigenvalue weighted by Gasteiger charge is 2.39. The van der Waals surface area contributed by atoms with Crippen LogP contribution in [0.15, 0.2) is 30.3 Å². The molecule has 1 heterocycles. The van der Waals surface area contributed by atoms with Gasteiger partial charge in [0.05, 0.1) is 29.5 Å². The molecule has 1 N–H and O–H groups in total. The highest BCUT2D eigenvalue weighted by atomic mass is 35.5. The van der Waals surface area contributed by atoms with Crippen LogP contribution in [-0.4, -0.2) is 25.7 Å². The van der Waals surface area contributed by atoms with Crippen molar-refractivity contribution in [3.8, 4) is 5.75 Å². The normalized spacial score (nSPS) is 20.7. The average molecular weight is 406 g/mol. The van der Waals surface area contributed by atoms with E-state index in [1.807, 2.05) is 6.07 Å². The van der Waals surface area contributed by atoms with Crippen LogP contribution in [0.25, 0.3) is 0 Å². The molecule has 4 rings (SSSR count). The number of anilines is 1. The molecule has 2 aromatic rings. The first-order valence-corrected chi connectivity index (χ1v) is 9.94. The molecule has 0 fully saturated rings. The third kappa shape index (κ3) is 3.37. The Balaban J connectivity index is 1.68. The van der Waals surface area contributed by atoms with E-state index in [-0.39, 0.29) is 5.41 Å². The van der Waals surface area contributed by atoms with E-state index < -0.39 is 5.97 Å². The Bertz CT molecular complexity index is 899. The molecule has 27 heavy (non-hydrogen) atoms. The Morgan fingerprint density at radius 1 is 1.30 bits per heavy atom. The summed E-state index contributed by atoms with van der Waals surface area (Å²) in [4.78, 5) is 12.1. The molecule has 0 aromatic heterocycles. The Labute approximate surface area is 168 Å². The first kappa shape index (κ1) is 18.5. The van der Waals surface area contributed by atoms with Crippen LogP contribution in [0.2, 0.25) is 10.0 Å². The van der Waals surface area contributed by atoms with Gasteiger partial charge in [-0.3, -0.25) is 0 Å². The fraction of sp³-hybridized carbons (Fsp3) is 0.381. The van der Waals surface area contributed by atoms with Crippen molar-refractivity contribution in [2.75, 3.05) is 25.1 Å². The summed E-state index contributed by atoms with van der Waals surface area (Å²) in [5.41, 5.74) is 3.55. The maximum Gasteiger partial charge on any atom is 0.339 e. The maximum atomic E-state index is 12.1. The average Bonchev–Trinajstić information content (AvgIpc) is 2.82. The lowest BCUT2D eigenvalue weighted by molar-refractivity contribution is 0.0526. The van der Waals surface area contributed by atoms with E-state index in [1.165, 1.54) is 11.1 Å². The molecule has 0 saturated carbocycles. The van der Waals surface area contributed by atoms with Gasteiger partial charge in [-0.25, -0.2) is 4.79 Å². The number of aryl methyl sites for hydroxylation is 1. The van der Waals surface area contributed by atoms with Gasteiger partial charge in [-0.05, 0) is 55.5 Å². The molecule has 2 aliphatic rings. The Morgan fingerprint density at radius 2 is 2.15 bits per heavy atom. The minimum Gasteiger partial charge on any atom is -0.490 e. The molecule has 0 saturated heterocycles. The number of halogens is 2. The van der Waals surface area contributed by atoms with E-state index in [0.29, 0.717) is 29.5 Å². The van der Waals surface area contributed by atoms with Crippen molar-refractivity contribution in [2.45, 2.75) is 31.6 Å². The van der Waals surface area contributed by atoms with Crippen LogP contribution in [0, 0.1) is 0 Å². The molecule has 1 spiro atoms. The topological polar surface area (TPSA) is 47.6 Å². The van der Waals surface area contributed by atoms with Crippen molar-refractivity contribution in [3.05, 3.63) is 57.1 Å². The van der Waals surface area contributed by atoms with E-state index >= 15 is 0 Å². The molecule has 6 heteroatoms. The summed E-state index contributed by atoms with van der Waals surface area (Å²) in [6.07, 6.45) is 3.15. The van der Waals surface area contributed by atoms with Gasteiger partial charge in [0.15, 0.2) is 0 Å². The number of hydrogen-bond donors (Lipinski definition) is 1. The van der Waals surface area contributed by atoms with Crippen LogP contribution < -0.4 is 10.1 Å². The quantitative estimate of drug-likeness (QED) is 0.693. The SMILES string of the molecule is CCOC(=O)c1cc2c(cc1Cl)OCC1(CCCc3cc(Cl)ccc31)CN2. The molecule has 0 bridgehead atoms. The molecule has 2 aromatic carbocycles. The van der Waals surface area contributed by atoms with Gasteiger partial charge in [-0.2, -0.15) is 0 Å². The van der Waals surface area contributed by atoms with Crippen molar-refractivity contribution < 1.29 is 14.3 Å². The Morgan fingerprint density at radius 3 is 2.96 bits per heavy atom. The zero-order valence-corrected chi connectivity index (χ0v) is 16.6. The lowest BCUT2D eigenvalue weighted by atomic mass is 9.70. The first-order chi connectivity index (χ1) is 13.0. The third-order valence-corrected chi connectivity index (χ3v) is 5.97. The summed E-state index contributed by atoms with van der Waals surface area (Å²) in [6, 6.07) is 9.54. The number of hydrogen-bond acceptors (Lipinski definition) is 4. The summed E-state index contributed by atoms with van der Waals surface area (Å²) >= 11 is 12.5. The van der Waals surface area contributed by atoms with Crippen molar-refractivity contribution in [3.63, 3.8) is 0 Å². The highest BCUT2D eigenvalue weighted by Crippen LogP contribution is 2.43. The smallest absolute Gasteiger partial charge is 0.339 e. The van der Waals surface area contributed by atoms with Gasteiger partial charge in [0, 0.05) is 23.0 Å². The van der Waals surface area contributed by atoms with Gasteiger partial charge in [-0.15, -0.1) is 0 Å². The van der Waals surface area contributed by atoms with Gasteiger partial charge >= 0.3 is 5.97 Å². The molecule has 1 unspecified atom stereocenters. The van der Waals surface area contributed by atoms with Gasteiger partial charge in [0.25, 0.3) is 0 Å². The van der Waals surface area contributed by atoms with E-state index in [4.69, 9.17) is 32.7 Å². The van der Waals surface area contributed by atoms with Crippen LogP contribution in [0.5, 0.6) is 5.75 Å². The number of esters is 1. The lowest BCUT2D eigenvalue weighted by Crippen LogP contribution is -2.41. The summed E-state index contributed by atoms with van der Waals surface area (Å²) in [5.74, 6) is 0.231. The molecule has 142 valence electrons. The fourth-order valence-electron chi connectivity index (χ4n) is 4.08. The Hall–Kier alpha value is -1.91. The lowest BCUT2D eigenvalue weighted by Gasteiger charge is -2.37. The minimum atomic E-state index is -0.427. The molecule has 0 amide bonds. The zero-order chi connectivity index (χ0) is 19.0. The van der Waals surface area contributed by atoms with Crippen molar-refractivity contribution in [2.24, 2.45) is 0 Å². The number of carbonyl (C=O) groups excluding carboxylic acids is 1. The predicted octanol–water partition coefficient (Wildman–Crippen LogP) is 5.25. The van der Waals surface area contributed by atoms with Crippen LogP contribution in [0.1, 0.15) is 41.3 Å². The van der Waals surface area contributed by atoms with Crippen molar-refractivity contribution in [1.82, 2.24) is 0 Å². The minimum absolute atomic E-state index is 0.131. The van der Waals surface area contributed by atoms with Crippen LogP contribution in [0.3, 0.4) is 0 Å². The molecular weight excluding hydrogens is 385 g/mol. The Kier molecular flexibility index (Phi) is 4.95. The second-order valence-electron chi connectivity index (χ2n) is 7.13. The summed E-state index contributed by atoms with van der Waals surface area (Å²) in [6.45, 7) is 3.35. The van der Waals surface area contributed by atoms with Crippen LogP contribution >= 0.6 is 23.2 Å². The number of rotatable bonds is 2. The van der Waals surface area contributed by atoms with Crippen molar-refractivity contribution in [1.29, 1.82) is 0 Å². The molecule has 1 aliphatic carbocycles. The maximum absolute atomic E-state index is 12.1. The first-order valence-electron chi connectivity index (χ1n) is 9.19. The summed E-state index contributed by atoms with van der Waals surface area (Å²) in [7, 11) is 0. The molecule has 1 atom stereocenters. The van der Waals surface area contributed by atoms with Gasteiger partial charge in [-0.1, -0.05) is 29.3 Å². The molecular formula is C21H21Cl2NO3. The zero-order valence-electron chi connectivity index (χ0n) is 15.1. The number of nitrogens with one attached hydrogen (secondary N) is 1. The highest BCUT2D eigenvalue weighted by molar-refractivity contribution is 6.34. The number of ether oxygens (including phenoxy) is 2. The number of fused-ring (bicyclic) bond motifs is 3. The van der Waals surface area contributed by atoms with Gasteiger partial charge < -0.3 is 14.8 Å². The monoisotopic (exact) mass is 405 g/mol. The number of carbonyl (C=O) groups is 1. The summed E-state index contributed by atoms with van der Waals surface area (Å²) in [5, 5.41) is 4.58. The van der Waals surface area contributed by atoms with E-state index in [2.05, 4.69) is 17.4 Å². The second-order valence-corrected chi connectivity index (χ2v) is 7.97. The fourth-order valence-corrected chi connectivity index (χ4v) is 4.51. The standard InChI is InChI=1S/C21H21Cl2NO3/c1-2-26-20(25)15-9-18-19(10-17(15)23)27-12-21(11-24-18)7-3-4-13-8-14(22)5-6-16(13)21/h5-6,8-10,24H,2-4,7,11-12H2,1H3.